The van der Waals surface area contributed by atoms with Gasteiger partial charge in [-0.1, -0.05) is 39.5 Å². The van der Waals surface area contributed by atoms with Crippen LogP contribution in [0.4, 0.5) is 0 Å². The minimum absolute atomic E-state index is 0.0458. The Bertz CT molecular complexity index is 273. The smallest absolute Gasteiger partial charge is 0.0345 e. The van der Waals surface area contributed by atoms with E-state index in [-0.39, 0.29) is 5.41 Å². The molecule has 98 valence electrons. The van der Waals surface area contributed by atoms with Gasteiger partial charge in [-0.05, 0) is 43.6 Å². The number of hydrogen-bond donors (Lipinski definition) is 1. The SMILES string of the molecule is C=CC.C=C[C@@](C)(CC(=N)C(=C)C)CC(C)C. The summed E-state index contributed by atoms with van der Waals surface area (Å²) in [6.45, 7) is 21.4. The van der Waals surface area contributed by atoms with Gasteiger partial charge in [0, 0.05) is 5.71 Å². The number of rotatable bonds is 6. The fourth-order valence-electron chi connectivity index (χ4n) is 1.72. The summed E-state index contributed by atoms with van der Waals surface area (Å²) >= 11 is 0. The Balaban J connectivity index is 0. The van der Waals surface area contributed by atoms with Crippen molar-refractivity contribution >= 4 is 5.71 Å². The van der Waals surface area contributed by atoms with E-state index in [2.05, 4.69) is 40.5 Å². The Morgan fingerprint density at radius 1 is 1.35 bits per heavy atom. The van der Waals surface area contributed by atoms with Gasteiger partial charge in [-0.25, -0.2) is 0 Å². The molecule has 0 aliphatic carbocycles. The molecule has 0 saturated carbocycles. The van der Waals surface area contributed by atoms with E-state index in [1.165, 1.54) is 0 Å². The van der Waals surface area contributed by atoms with Crippen molar-refractivity contribution in [2.24, 2.45) is 11.3 Å². The zero-order valence-electron chi connectivity index (χ0n) is 12.3. The van der Waals surface area contributed by atoms with Crippen LogP contribution < -0.4 is 0 Å². The van der Waals surface area contributed by atoms with Crippen molar-refractivity contribution in [1.29, 1.82) is 5.41 Å². The molecule has 0 aliphatic heterocycles. The van der Waals surface area contributed by atoms with E-state index in [1.807, 2.05) is 19.9 Å². The minimum Gasteiger partial charge on any atom is -0.305 e. The Labute approximate surface area is 108 Å². The molecule has 0 aliphatic rings. The second-order valence-corrected chi connectivity index (χ2v) is 5.30. The summed E-state index contributed by atoms with van der Waals surface area (Å²) in [5, 5.41) is 7.80. The van der Waals surface area contributed by atoms with Crippen molar-refractivity contribution in [3.63, 3.8) is 0 Å². The van der Waals surface area contributed by atoms with E-state index in [9.17, 15) is 0 Å². The molecule has 0 saturated heterocycles. The van der Waals surface area contributed by atoms with Gasteiger partial charge in [0.15, 0.2) is 0 Å². The first-order valence-electron chi connectivity index (χ1n) is 6.16. The summed E-state index contributed by atoms with van der Waals surface area (Å²) in [6, 6.07) is 0. The average molecular weight is 235 g/mol. The van der Waals surface area contributed by atoms with Crippen LogP contribution in [0.2, 0.25) is 0 Å². The lowest BCUT2D eigenvalue weighted by molar-refractivity contribution is 0.345. The predicted molar refractivity (Wildman–Crippen MR) is 80.8 cm³/mol. The normalized spacial score (nSPS) is 13.1. The first-order chi connectivity index (χ1) is 7.72. The summed E-state index contributed by atoms with van der Waals surface area (Å²) in [6.07, 6.45) is 5.56. The van der Waals surface area contributed by atoms with E-state index in [0.717, 1.165) is 18.4 Å². The molecule has 0 rings (SSSR count). The first kappa shape index (κ1) is 18.3. The molecule has 0 aromatic heterocycles. The highest BCUT2D eigenvalue weighted by atomic mass is 14.4. The minimum atomic E-state index is 0.0458. The van der Waals surface area contributed by atoms with Gasteiger partial charge in [0.05, 0.1) is 0 Å². The number of allylic oxidation sites excluding steroid dienone is 3. The molecule has 0 bridgehead atoms. The van der Waals surface area contributed by atoms with Gasteiger partial charge in [-0.15, -0.1) is 13.2 Å². The Kier molecular flexibility index (Phi) is 9.64. The summed E-state index contributed by atoms with van der Waals surface area (Å²) in [5.41, 5.74) is 1.55. The second kappa shape index (κ2) is 8.98. The molecule has 1 heteroatoms. The lowest BCUT2D eigenvalue weighted by atomic mass is 9.77. The molecule has 1 atom stereocenters. The van der Waals surface area contributed by atoms with Gasteiger partial charge in [-0.2, -0.15) is 0 Å². The maximum Gasteiger partial charge on any atom is 0.0345 e. The first-order valence-corrected chi connectivity index (χ1v) is 6.16. The van der Waals surface area contributed by atoms with Crippen LogP contribution in [-0.2, 0) is 0 Å². The zero-order chi connectivity index (χ0) is 14.1. The summed E-state index contributed by atoms with van der Waals surface area (Å²) in [4.78, 5) is 0. The van der Waals surface area contributed by atoms with E-state index < -0.39 is 0 Å². The van der Waals surface area contributed by atoms with Gasteiger partial charge < -0.3 is 5.41 Å². The quantitative estimate of drug-likeness (QED) is 0.470. The molecule has 0 unspecified atom stereocenters. The molecule has 0 aromatic rings. The maximum atomic E-state index is 7.80. The fraction of sp³-hybridized carbons (Fsp3) is 0.562. The van der Waals surface area contributed by atoms with Crippen LogP contribution in [-0.4, -0.2) is 5.71 Å². The molecule has 1 nitrogen and oxygen atoms in total. The van der Waals surface area contributed by atoms with Crippen LogP contribution in [0.1, 0.15) is 47.5 Å². The standard InChI is InChI=1S/C13H23N.C3H6/c1-7-13(6,8-10(2)3)9-12(14)11(4)5;1-3-2/h7,10,14H,1,4,8-9H2,2-3,5-6H3;3H,1H2,2H3/t13-;/m1./s1. The van der Waals surface area contributed by atoms with E-state index >= 15 is 0 Å². The van der Waals surface area contributed by atoms with Gasteiger partial charge in [-0.3, -0.25) is 0 Å². The van der Waals surface area contributed by atoms with Crippen molar-refractivity contribution in [2.75, 3.05) is 0 Å². The van der Waals surface area contributed by atoms with Crippen molar-refractivity contribution in [3.8, 4) is 0 Å². The second-order valence-electron chi connectivity index (χ2n) is 5.30. The highest BCUT2D eigenvalue weighted by molar-refractivity contribution is 5.97. The molecule has 0 fully saturated rings. The van der Waals surface area contributed by atoms with E-state index in [4.69, 9.17) is 5.41 Å². The lowest BCUT2D eigenvalue weighted by Gasteiger charge is -2.28. The molecular weight excluding hydrogens is 206 g/mol. The Morgan fingerprint density at radius 3 is 2.00 bits per heavy atom. The van der Waals surface area contributed by atoms with Crippen LogP contribution in [0.25, 0.3) is 0 Å². The maximum absolute atomic E-state index is 7.80. The fourth-order valence-corrected chi connectivity index (χ4v) is 1.72. The summed E-state index contributed by atoms with van der Waals surface area (Å²) in [7, 11) is 0. The Morgan fingerprint density at radius 2 is 1.76 bits per heavy atom. The van der Waals surface area contributed by atoms with Crippen molar-refractivity contribution < 1.29 is 0 Å². The van der Waals surface area contributed by atoms with Crippen LogP contribution in [0, 0.1) is 16.7 Å². The molecule has 0 amide bonds. The topological polar surface area (TPSA) is 23.9 Å². The zero-order valence-corrected chi connectivity index (χ0v) is 12.3. The third-order valence-electron chi connectivity index (χ3n) is 2.46. The van der Waals surface area contributed by atoms with Crippen LogP contribution in [0.3, 0.4) is 0 Å². The molecule has 1 N–H and O–H groups in total. The summed E-state index contributed by atoms with van der Waals surface area (Å²) in [5.74, 6) is 0.635. The molecule has 0 aromatic carbocycles. The third kappa shape index (κ3) is 9.80. The van der Waals surface area contributed by atoms with Crippen LogP contribution in [0.5, 0.6) is 0 Å². The average Bonchev–Trinajstić information content (AvgIpc) is 2.17. The highest BCUT2D eigenvalue weighted by Gasteiger charge is 2.23. The molecule has 0 spiro atoms. The molecular formula is C16H29N. The monoisotopic (exact) mass is 235 g/mol. The van der Waals surface area contributed by atoms with E-state index in [1.54, 1.807) is 6.08 Å². The van der Waals surface area contributed by atoms with Gasteiger partial charge >= 0.3 is 0 Å². The van der Waals surface area contributed by atoms with Crippen LogP contribution in [0.15, 0.2) is 37.5 Å². The third-order valence-corrected chi connectivity index (χ3v) is 2.46. The van der Waals surface area contributed by atoms with Crippen molar-refractivity contribution in [3.05, 3.63) is 37.5 Å². The van der Waals surface area contributed by atoms with Gasteiger partial charge in [0.1, 0.15) is 0 Å². The van der Waals surface area contributed by atoms with Gasteiger partial charge in [0.25, 0.3) is 0 Å². The molecule has 17 heavy (non-hydrogen) atoms. The summed E-state index contributed by atoms with van der Waals surface area (Å²) < 4.78 is 0. The van der Waals surface area contributed by atoms with Crippen molar-refractivity contribution in [2.45, 2.75) is 47.5 Å². The van der Waals surface area contributed by atoms with Gasteiger partial charge in [0.2, 0.25) is 0 Å². The number of nitrogens with one attached hydrogen (secondary N) is 1. The van der Waals surface area contributed by atoms with Crippen molar-refractivity contribution in [1.82, 2.24) is 0 Å². The number of hydrogen-bond acceptors (Lipinski definition) is 1. The predicted octanol–water partition coefficient (Wildman–Crippen LogP) is 5.40. The van der Waals surface area contributed by atoms with E-state index in [0.29, 0.717) is 11.6 Å². The highest BCUT2D eigenvalue weighted by Crippen LogP contribution is 2.32. The largest absolute Gasteiger partial charge is 0.305 e. The molecule has 0 radical (unpaired) electrons. The lowest BCUT2D eigenvalue weighted by Crippen LogP contribution is -2.20. The molecule has 0 heterocycles. The van der Waals surface area contributed by atoms with Crippen LogP contribution >= 0.6 is 0 Å². The Hall–Kier alpha value is -1.11.